The Morgan fingerprint density at radius 3 is 2.47 bits per heavy atom. The second kappa shape index (κ2) is 4.80. The number of fused-ring (bicyclic) bond motifs is 1. The van der Waals surface area contributed by atoms with Crippen LogP contribution in [0.1, 0.15) is 31.7 Å². The maximum atomic E-state index is 12.4. The minimum atomic E-state index is -0.0556. The monoisotopic (exact) mass is 257 g/mol. The fraction of sp³-hybridized carbons (Fsp3) is 0.500. The molecule has 0 aromatic heterocycles. The van der Waals surface area contributed by atoms with E-state index in [1.165, 1.54) is 4.90 Å². The molecule has 3 atom stereocenters. The summed E-state index contributed by atoms with van der Waals surface area (Å²) in [5.74, 6) is 0.554. The van der Waals surface area contributed by atoms with Crippen molar-refractivity contribution in [3.8, 4) is 0 Å². The van der Waals surface area contributed by atoms with E-state index in [2.05, 4.69) is 6.92 Å². The normalized spacial score (nSPS) is 30.6. The van der Waals surface area contributed by atoms with Crippen LogP contribution in [0.5, 0.6) is 0 Å². The number of rotatable bonds is 2. The molecule has 3 heteroatoms. The summed E-state index contributed by atoms with van der Waals surface area (Å²) in [4.78, 5) is 26.2. The van der Waals surface area contributed by atoms with Gasteiger partial charge in [-0.2, -0.15) is 0 Å². The number of hydrogen-bond donors (Lipinski definition) is 0. The van der Waals surface area contributed by atoms with Crippen LogP contribution in [0.3, 0.4) is 0 Å². The smallest absolute Gasteiger partial charge is 0.233 e. The van der Waals surface area contributed by atoms with Crippen LogP contribution in [-0.2, 0) is 16.1 Å². The van der Waals surface area contributed by atoms with Gasteiger partial charge in [-0.15, -0.1) is 0 Å². The second-order valence-corrected chi connectivity index (χ2v) is 5.88. The first-order valence-corrected chi connectivity index (χ1v) is 7.06. The van der Waals surface area contributed by atoms with Gasteiger partial charge in [0.05, 0.1) is 18.4 Å². The molecule has 1 saturated carbocycles. The van der Waals surface area contributed by atoms with Crippen LogP contribution >= 0.6 is 0 Å². The zero-order valence-electron chi connectivity index (χ0n) is 11.2. The zero-order valence-corrected chi connectivity index (χ0v) is 11.2. The third kappa shape index (κ3) is 2.18. The third-order valence-electron chi connectivity index (χ3n) is 4.46. The molecule has 1 heterocycles. The molecule has 2 aliphatic rings. The van der Waals surface area contributed by atoms with Gasteiger partial charge >= 0.3 is 0 Å². The SMILES string of the molecule is C[C@@H]1CC[C@H]2C(=O)N(Cc3ccccc3)C(=O)[C@@H]2C1. The first kappa shape index (κ1) is 12.4. The predicted molar refractivity (Wildman–Crippen MR) is 72.0 cm³/mol. The molecule has 0 unspecified atom stereocenters. The number of amides is 2. The fourth-order valence-corrected chi connectivity index (χ4v) is 3.38. The molecule has 1 aromatic rings. The lowest BCUT2D eigenvalue weighted by Gasteiger charge is -2.25. The van der Waals surface area contributed by atoms with Crippen molar-refractivity contribution >= 4 is 11.8 Å². The number of hydrogen-bond acceptors (Lipinski definition) is 2. The Hall–Kier alpha value is -1.64. The molecule has 0 bridgehead atoms. The topological polar surface area (TPSA) is 37.4 Å². The van der Waals surface area contributed by atoms with E-state index in [1.807, 2.05) is 30.3 Å². The molecule has 3 nitrogen and oxygen atoms in total. The van der Waals surface area contributed by atoms with Crippen molar-refractivity contribution in [1.29, 1.82) is 0 Å². The Kier molecular flexibility index (Phi) is 3.13. The van der Waals surface area contributed by atoms with Gasteiger partial charge in [-0.3, -0.25) is 14.5 Å². The highest BCUT2D eigenvalue weighted by Gasteiger charge is 2.49. The lowest BCUT2D eigenvalue weighted by Crippen LogP contribution is -2.30. The number of nitrogens with zero attached hydrogens (tertiary/aromatic N) is 1. The molecule has 0 radical (unpaired) electrons. The zero-order chi connectivity index (χ0) is 13.4. The van der Waals surface area contributed by atoms with Crippen molar-refractivity contribution in [1.82, 2.24) is 4.90 Å². The molecule has 1 saturated heterocycles. The Morgan fingerprint density at radius 2 is 1.74 bits per heavy atom. The second-order valence-electron chi connectivity index (χ2n) is 5.88. The van der Waals surface area contributed by atoms with Gasteiger partial charge in [-0.25, -0.2) is 0 Å². The summed E-state index contributed by atoms with van der Waals surface area (Å²) in [6.45, 7) is 2.60. The average molecular weight is 257 g/mol. The highest BCUT2D eigenvalue weighted by Crippen LogP contribution is 2.40. The molecular weight excluding hydrogens is 238 g/mol. The van der Waals surface area contributed by atoms with Crippen molar-refractivity contribution in [3.05, 3.63) is 35.9 Å². The number of likely N-dealkylation sites (tertiary alicyclic amines) is 1. The van der Waals surface area contributed by atoms with E-state index in [0.29, 0.717) is 12.5 Å². The van der Waals surface area contributed by atoms with Crippen molar-refractivity contribution in [2.24, 2.45) is 17.8 Å². The van der Waals surface area contributed by atoms with Crippen LogP contribution in [0.2, 0.25) is 0 Å². The molecule has 100 valence electrons. The largest absolute Gasteiger partial charge is 0.278 e. The van der Waals surface area contributed by atoms with Crippen molar-refractivity contribution in [2.75, 3.05) is 0 Å². The van der Waals surface area contributed by atoms with Gasteiger partial charge in [-0.1, -0.05) is 37.3 Å². The van der Waals surface area contributed by atoms with Gasteiger partial charge in [0.2, 0.25) is 11.8 Å². The predicted octanol–water partition coefficient (Wildman–Crippen LogP) is 2.61. The minimum Gasteiger partial charge on any atom is -0.278 e. The van der Waals surface area contributed by atoms with Crippen molar-refractivity contribution in [2.45, 2.75) is 32.7 Å². The summed E-state index contributed by atoms with van der Waals surface area (Å²) < 4.78 is 0. The number of carbonyl (C=O) groups is 2. The van der Waals surface area contributed by atoms with Gasteiger partial charge in [0.1, 0.15) is 0 Å². The average Bonchev–Trinajstić information content (AvgIpc) is 2.65. The maximum Gasteiger partial charge on any atom is 0.233 e. The van der Waals surface area contributed by atoms with E-state index in [9.17, 15) is 9.59 Å². The van der Waals surface area contributed by atoms with Gasteiger partial charge in [0.15, 0.2) is 0 Å². The molecule has 1 aromatic carbocycles. The summed E-state index contributed by atoms with van der Waals surface area (Å²) >= 11 is 0. The van der Waals surface area contributed by atoms with E-state index in [-0.39, 0.29) is 23.7 Å². The van der Waals surface area contributed by atoms with Crippen LogP contribution in [-0.4, -0.2) is 16.7 Å². The maximum absolute atomic E-state index is 12.4. The minimum absolute atomic E-state index is 0.0467. The van der Waals surface area contributed by atoms with Gasteiger partial charge in [0, 0.05) is 0 Å². The standard InChI is InChI=1S/C16H19NO2/c1-11-7-8-13-14(9-11)16(19)17(15(13)18)10-12-5-3-2-4-6-12/h2-6,11,13-14H,7-10H2,1H3/t11-,13-,14-/m1/s1. The Balaban J connectivity index is 1.80. The first-order valence-electron chi connectivity index (χ1n) is 7.06. The quantitative estimate of drug-likeness (QED) is 0.764. The van der Waals surface area contributed by atoms with E-state index >= 15 is 0 Å². The van der Waals surface area contributed by atoms with Crippen LogP contribution in [0.4, 0.5) is 0 Å². The van der Waals surface area contributed by atoms with E-state index in [4.69, 9.17) is 0 Å². The lowest BCUT2D eigenvalue weighted by atomic mass is 9.76. The van der Waals surface area contributed by atoms with Crippen LogP contribution in [0, 0.1) is 17.8 Å². The summed E-state index contributed by atoms with van der Waals surface area (Å²) in [5.41, 5.74) is 1.02. The van der Waals surface area contributed by atoms with Crippen LogP contribution in [0.15, 0.2) is 30.3 Å². The summed E-state index contributed by atoms with van der Waals surface area (Å²) in [6, 6.07) is 9.75. The van der Waals surface area contributed by atoms with Gasteiger partial charge in [-0.05, 0) is 30.7 Å². The lowest BCUT2D eigenvalue weighted by molar-refractivity contribution is -0.140. The highest BCUT2D eigenvalue weighted by molar-refractivity contribution is 6.05. The molecule has 0 N–H and O–H groups in total. The molecule has 3 rings (SSSR count). The molecule has 1 aliphatic carbocycles. The Labute approximate surface area is 113 Å². The van der Waals surface area contributed by atoms with E-state index < -0.39 is 0 Å². The summed E-state index contributed by atoms with van der Waals surface area (Å²) in [6.07, 6.45) is 2.82. The Bertz CT molecular complexity index is 497. The summed E-state index contributed by atoms with van der Waals surface area (Å²) in [7, 11) is 0. The molecule has 1 aliphatic heterocycles. The summed E-state index contributed by atoms with van der Waals surface area (Å²) in [5, 5.41) is 0. The number of imide groups is 1. The third-order valence-corrected chi connectivity index (χ3v) is 4.46. The van der Waals surface area contributed by atoms with Gasteiger partial charge < -0.3 is 0 Å². The molecule has 19 heavy (non-hydrogen) atoms. The van der Waals surface area contributed by atoms with Crippen molar-refractivity contribution in [3.63, 3.8) is 0 Å². The Morgan fingerprint density at radius 1 is 1.05 bits per heavy atom. The number of carbonyl (C=O) groups excluding carboxylic acids is 2. The highest BCUT2D eigenvalue weighted by atomic mass is 16.2. The molecule has 2 fully saturated rings. The fourth-order valence-electron chi connectivity index (χ4n) is 3.38. The van der Waals surface area contributed by atoms with E-state index in [1.54, 1.807) is 0 Å². The number of benzene rings is 1. The molecule has 2 amide bonds. The molecule has 0 spiro atoms. The van der Waals surface area contributed by atoms with Crippen LogP contribution in [0.25, 0.3) is 0 Å². The molecular formula is C16H19NO2. The van der Waals surface area contributed by atoms with Gasteiger partial charge in [0.25, 0.3) is 0 Å². The van der Waals surface area contributed by atoms with Crippen molar-refractivity contribution < 1.29 is 9.59 Å². The van der Waals surface area contributed by atoms with E-state index in [0.717, 1.165) is 24.8 Å². The van der Waals surface area contributed by atoms with Crippen LogP contribution < -0.4 is 0 Å². The first-order chi connectivity index (χ1) is 9.16.